The lowest BCUT2D eigenvalue weighted by Crippen LogP contribution is -2.37. The Morgan fingerprint density at radius 3 is 2.35 bits per heavy atom. The van der Waals surface area contributed by atoms with E-state index in [1.807, 2.05) is 23.1 Å². The zero-order valence-corrected chi connectivity index (χ0v) is 18.6. The minimum atomic E-state index is 0.258. The second-order valence-electron chi connectivity index (χ2n) is 7.53. The summed E-state index contributed by atoms with van der Waals surface area (Å²) in [6.45, 7) is 3.00. The monoisotopic (exact) mass is 424 g/mol. The molecule has 0 aliphatic carbocycles. The third-order valence-electron chi connectivity index (χ3n) is 5.41. The highest BCUT2D eigenvalue weighted by Crippen LogP contribution is 2.27. The molecular weight excluding hydrogens is 392 g/mol. The average Bonchev–Trinajstić information content (AvgIpc) is 3.21. The van der Waals surface area contributed by atoms with E-state index in [9.17, 15) is 4.79 Å². The van der Waals surface area contributed by atoms with Gasteiger partial charge in [-0.05, 0) is 41.7 Å². The fourth-order valence-corrected chi connectivity index (χ4v) is 3.62. The maximum Gasteiger partial charge on any atom is 0.222 e. The lowest BCUT2D eigenvalue weighted by molar-refractivity contribution is -0.128. The molecule has 0 aromatic heterocycles. The van der Waals surface area contributed by atoms with E-state index in [0.717, 1.165) is 54.5 Å². The van der Waals surface area contributed by atoms with Crippen molar-refractivity contribution >= 4 is 11.9 Å². The minimum absolute atomic E-state index is 0.258. The van der Waals surface area contributed by atoms with Crippen molar-refractivity contribution in [1.29, 1.82) is 0 Å². The van der Waals surface area contributed by atoms with E-state index in [1.165, 1.54) is 5.56 Å². The molecule has 0 saturated carbocycles. The van der Waals surface area contributed by atoms with Crippen molar-refractivity contribution < 1.29 is 14.3 Å². The number of ether oxygens (including phenoxy) is 2. The summed E-state index contributed by atoms with van der Waals surface area (Å²) < 4.78 is 10.6. The highest BCUT2D eigenvalue weighted by atomic mass is 16.5. The predicted octanol–water partition coefficient (Wildman–Crippen LogP) is 2.73. The number of hydrogen-bond donors (Lipinski definition) is 2. The Kier molecular flexibility index (Phi) is 8.15. The molecule has 3 rings (SSSR count). The number of nitrogens with one attached hydrogen (secondary N) is 2. The lowest BCUT2D eigenvalue weighted by atomic mass is 10.1. The third-order valence-corrected chi connectivity index (χ3v) is 5.41. The Labute approximate surface area is 184 Å². The molecule has 1 aliphatic heterocycles. The van der Waals surface area contributed by atoms with Gasteiger partial charge in [0.15, 0.2) is 17.5 Å². The van der Waals surface area contributed by atoms with Gasteiger partial charge in [-0.1, -0.05) is 30.3 Å². The van der Waals surface area contributed by atoms with Crippen molar-refractivity contribution in [1.82, 2.24) is 15.5 Å². The molecule has 7 nitrogen and oxygen atoms in total. The fraction of sp³-hybridized carbons (Fsp3) is 0.417. The predicted molar refractivity (Wildman–Crippen MR) is 123 cm³/mol. The van der Waals surface area contributed by atoms with Crippen molar-refractivity contribution in [3.63, 3.8) is 0 Å². The number of carbonyl (C=O) groups excluding carboxylic acids is 1. The molecule has 2 N–H and O–H groups in total. The fourth-order valence-electron chi connectivity index (χ4n) is 3.62. The summed E-state index contributed by atoms with van der Waals surface area (Å²) >= 11 is 0. The molecule has 0 atom stereocenters. The van der Waals surface area contributed by atoms with E-state index in [2.05, 4.69) is 39.9 Å². The normalized spacial score (nSPS) is 14.0. The van der Waals surface area contributed by atoms with Crippen molar-refractivity contribution in [3.8, 4) is 11.5 Å². The summed E-state index contributed by atoms with van der Waals surface area (Å²) in [5.74, 6) is 2.48. The van der Waals surface area contributed by atoms with Crippen LogP contribution in [0, 0.1) is 0 Å². The number of nitrogens with zero attached hydrogens (tertiary/aromatic N) is 2. The van der Waals surface area contributed by atoms with Crippen LogP contribution >= 0.6 is 0 Å². The molecule has 1 aliphatic rings. The smallest absolute Gasteiger partial charge is 0.222 e. The van der Waals surface area contributed by atoms with Gasteiger partial charge in [0.2, 0.25) is 5.91 Å². The van der Waals surface area contributed by atoms with Crippen LogP contribution in [-0.4, -0.2) is 51.1 Å². The largest absolute Gasteiger partial charge is 0.493 e. The van der Waals surface area contributed by atoms with Gasteiger partial charge >= 0.3 is 0 Å². The molecule has 166 valence electrons. The molecule has 0 bridgehead atoms. The third kappa shape index (κ3) is 6.38. The van der Waals surface area contributed by atoms with Crippen LogP contribution in [0.4, 0.5) is 0 Å². The Hall–Kier alpha value is -3.22. The van der Waals surface area contributed by atoms with Gasteiger partial charge in [-0.15, -0.1) is 0 Å². The number of likely N-dealkylation sites (tertiary alicyclic amines) is 1. The molecule has 0 unspecified atom stereocenters. The lowest BCUT2D eigenvalue weighted by Gasteiger charge is -2.16. The molecule has 1 heterocycles. The van der Waals surface area contributed by atoms with Gasteiger partial charge in [0.05, 0.1) is 14.2 Å². The van der Waals surface area contributed by atoms with Crippen LogP contribution in [0.3, 0.4) is 0 Å². The number of rotatable bonds is 9. The molecule has 1 fully saturated rings. The molecule has 2 aromatic carbocycles. The number of guanidine groups is 1. The first-order valence-corrected chi connectivity index (χ1v) is 10.6. The van der Waals surface area contributed by atoms with Gasteiger partial charge in [-0.2, -0.15) is 0 Å². The van der Waals surface area contributed by atoms with E-state index in [1.54, 1.807) is 21.3 Å². The first kappa shape index (κ1) is 22.5. The molecule has 0 spiro atoms. The molecule has 2 aromatic rings. The van der Waals surface area contributed by atoms with Crippen LogP contribution in [0.15, 0.2) is 47.5 Å². The quantitative estimate of drug-likeness (QED) is 0.478. The van der Waals surface area contributed by atoms with Crippen LogP contribution < -0.4 is 20.1 Å². The number of amides is 1. The van der Waals surface area contributed by atoms with Gasteiger partial charge < -0.3 is 25.0 Å². The van der Waals surface area contributed by atoms with Crippen molar-refractivity contribution in [2.75, 3.05) is 34.4 Å². The Morgan fingerprint density at radius 1 is 1.00 bits per heavy atom. The standard InChI is InChI=1S/C24H32N4O3/c1-25-24(26-13-12-18-10-11-21(30-2)22(15-18)31-3)27-16-19-6-8-20(9-7-19)17-28-14-4-5-23(28)29/h6-11,15H,4-5,12-14,16-17H2,1-3H3,(H2,25,26,27). The summed E-state index contributed by atoms with van der Waals surface area (Å²) in [5, 5.41) is 6.68. The van der Waals surface area contributed by atoms with Gasteiger partial charge in [-0.25, -0.2) is 0 Å². The molecule has 1 amide bonds. The summed E-state index contributed by atoms with van der Waals surface area (Å²) in [6, 6.07) is 14.3. The van der Waals surface area contributed by atoms with Crippen LogP contribution in [0.2, 0.25) is 0 Å². The second-order valence-corrected chi connectivity index (χ2v) is 7.53. The Morgan fingerprint density at radius 2 is 1.71 bits per heavy atom. The van der Waals surface area contributed by atoms with Crippen LogP contribution in [0.5, 0.6) is 11.5 Å². The minimum Gasteiger partial charge on any atom is -0.493 e. The zero-order chi connectivity index (χ0) is 22.1. The number of aliphatic imine (C=N–C) groups is 1. The Bertz CT molecular complexity index is 896. The maximum atomic E-state index is 11.8. The molecule has 31 heavy (non-hydrogen) atoms. The summed E-state index contributed by atoms with van der Waals surface area (Å²) in [4.78, 5) is 18.0. The number of benzene rings is 2. The first-order chi connectivity index (χ1) is 15.1. The average molecular weight is 425 g/mol. The van der Waals surface area contributed by atoms with Crippen molar-refractivity contribution in [2.24, 2.45) is 4.99 Å². The van der Waals surface area contributed by atoms with Gasteiger partial charge in [-0.3, -0.25) is 9.79 Å². The second kappa shape index (κ2) is 11.2. The topological polar surface area (TPSA) is 75.2 Å². The number of hydrogen-bond acceptors (Lipinski definition) is 4. The summed E-state index contributed by atoms with van der Waals surface area (Å²) in [7, 11) is 5.04. The Balaban J connectivity index is 1.43. The van der Waals surface area contributed by atoms with Gasteiger partial charge in [0.1, 0.15) is 0 Å². The molecule has 0 radical (unpaired) electrons. The van der Waals surface area contributed by atoms with Crippen LogP contribution in [0.1, 0.15) is 29.5 Å². The van der Waals surface area contributed by atoms with Crippen LogP contribution in [0.25, 0.3) is 0 Å². The SMILES string of the molecule is CN=C(NCCc1ccc(OC)c(OC)c1)NCc1ccc(CN2CCCC2=O)cc1. The summed E-state index contributed by atoms with van der Waals surface area (Å²) in [5.41, 5.74) is 3.49. The van der Waals surface area contributed by atoms with E-state index >= 15 is 0 Å². The highest BCUT2D eigenvalue weighted by molar-refractivity contribution is 5.79. The highest BCUT2D eigenvalue weighted by Gasteiger charge is 2.19. The molecule has 1 saturated heterocycles. The van der Waals surface area contributed by atoms with E-state index in [-0.39, 0.29) is 5.91 Å². The zero-order valence-electron chi connectivity index (χ0n) is 18.6. The molecule has 7 heteroatoms. The number of methoxy groups -OCH3 is 2. The number of carbonyl (C=O) groups is 1. The van der Waals surface area contributed by atoms with E-state index in [4.69, 9.17) is 9.47 Å². The van der Waals surface area contributed by atoms with Gasteiger partial charge in [0.25, 0.3) is 0 Å². The van der Waals surface area contributed by atoms with Gasteiger partial charge in [0, 0.05) is 39.6 Å². The van der Waals surface area contributed by atoms with Crippen molar-refractivity contribution in [3.05, 3.63) is 59.2 Å². The summed E-state index contributed by atoms with van der Waals surface area (Å²) in [6.07, 6.45) is 2.49. The van der Waals surface area contributed by atoms with E-state index in [0.29, 0.717) is 19.5 Å². The maximum absolute atomic E-state index is 11.8. The first-order valence-electron chi connectivity index (χ1n) is 10.6. The molecular formula is C24H32N4O3. The van der Waals surface area contributed by atoms with E-state index < -0.39 is 0 Å². The van der Waals surface area contributed by atoms with Crippen LogP contribution in [-0.2, 0) is 24.3 Å². The van der Waals surface area contributed by atoms with Crippen molar-refractivity contribution in [2.45, 2.75) is 32.4 Å².